The molecule has 0 aromatic heterocycles. The normalized spacial score (nSPS) is 23.5. The molecule has 1 fully saturated rings. The standard InChI is InChI=1S/C20H31NO2S/c1-20(2,3)24(22)21-15-18-11-9-17(10-12-18)13-14-23-16-19-7-5-4-6-8-19/h4-8,15,17-18H,9-14,16H2,1-3H3/t17-,18-,24-/m1/s1. The van der Waals surface area contributed by atoms with Crippen molar-refractivity contribution in [2.45, 2.75) is 64.2 Å². The second kappa shape index (κ2) is 9.59. The first-order valence-electron chi connectivity index (χ1n) is 9.03. The highest BCUT2D eigenvalue weighted by Gasteiger charge is 2.27. The van der Waals surface area contributed by atoms with Crippen LogP contribution in [0.2, 0.25) is 0 Å². The van der Waals surface area contributed by atoms with Gasteiger partial charge in [-0.25, -0.2) is 0 Å². The Bertz CT molecular complexity index is 490. The van der Waals surface area contributed by atoms with E-state index in [0.29, 0.717) is 12.5 Å². The van der Waals surface area contributed by atoms with Crippen molar-refractivity contribution in [2.75, 3.05) is 6.61 Å². The van der Waals surface area contributed by atoms with Crippen molar-refractivity contribution < 1.29 is 9.29 Å². The smallest absolute Gasteiger partial charge is 0.144 e. The average Bonchev–Trinajstić information content (AvgIpc) is 2.57. The van der Waals surface area contributed by atoms with Crippen LogP contribution in [0.15, 0.2) is 34.7 Å². The highest BCUT2D eigenvalue weighted by Crippen LogP contribution is 2.30. The van der Waals surface area contributed by atoms with Crippen LogP contribution in [0, 0.1) is 11.8 Å². The van der Waals surface area contributed by atoms with E-state index >= 15 is 0 Å². The van der Waals surface area contributed by atoms with Crippen LogP contribution in [0.25, 0.3) is 0 Å². The molecule has 0 N–H and O–H groups in total. The fourth-order valence-electron chi connectivity index (χ4n) is 2.94. The first-order valence-corrected chi connectivity index (χ1v) is 10.1. The second-order valence-electron chi connectivity index (χ2n) is 7.72. The lowest BCUT2D eigenvalue weighted by Gasteiger charge is -2.26. The van der Waals surface area contributed by atoms with E-state index in [4.69, 9.17) is 4.74 Å². The van der Waals surface area contributed by atoms with Gasteiger partial charge in [0.15, 0.2) is 0 Å². The molecule has 0 amide bonds. The van der Waals surface area contributed by atoms with Gasteiger partial charge in [0.1, 0.15) is 16.1 Å². The summed E-state index contributed by atoms with van der Waals surface area (Å²) in [5, 5.41) is 0. The van der Waals surface area contributed by atoms with Crippen molar-refractivity contribution in [3.63, 3.8) is 0 Å². The Morgan fingerprint density at radius 1 is 1.17 bits per heavy atom. The number of hydrogen-bond acceptors (Lipinski definition) is 3. The van der Waals surface area contributed by atoms with Crippen molar-refractivity contribution in [1.29, 1.82) is 0 Å². The Morgan fingerprint density at radius 2 is 1.83 bits per heavy atom. The van der Waals surface area contributed by atoms with E-state index in [9.17, 15) is 4.55 Å². The Balaban J connectivity index is 1.60. The maximum atomic E-state index is 12.0. The summed E-state index contributed by atoms with van der Waals surface area (Å²) in [7, 11) is 0. The van der Waals surface area contributed by atoms with Crippen LogP contribution in [0.5, 0.6) is 0 Å². The maximum absolute atomic E-state index is 12.0. The maximum Gasteiger partial charge on any atom is 0.144 e. The molecule has 0 unspecified atom stereocenters. The highest BCUT2D eigenvalue weighted by molar-refractivity contribution is 7.91. The Labute approximate surface area is 150 Å². The van der Waals surface area contributed by atoms with Gasteiger partial charge < -0.3 is 9.29 Å². The summed E-state index contributed by atoms with van der Waals surface area (Å²) in [5.74, 6) is 1.26. The van der Waals surface area contributed by atoms with Gasteiger partial charge in [0.05, 0.1) is 12.8 Å². The first-order chi connectivity index (χ1) is 11.4. The van der Waals surface area contributed by atoms with Gasteiger partial charge in [0.25, 0.3) is 0 Å². The van der Waals surface area contributed by atoms with Crippen LogP contribution in [0.3, 0.4) is 0 Å². The molecule has 1 aromatic carbocycles. The molecule has 0 saturated heterocycles. The molecule has 1 saturated carbocycles. The van der Waals surface area contributed by atoms with E-state index in [-0.39, 0.29) is 4.75 Å². The summed E-state index contributed by atoms with van der Waals surface area (Å²) in [6.45, 7) is 7.44. The SMILES string of the molecule is CC(C)(C)[S@@+]([O-])N=C[C@H]1CC[C@H](CCOCc2ccccc2)CC1. The number of ether oxygens (including phenoxy) is 1. The molecule has 0 heterocycles. The number of nitrogens with zero attached hydrogens (tertiary/aromatic N) is 1. The van der Waals surface area contributed by atoms with Gasteiger partial charge in [-0.1, -0.05) is 34.7 Å². The predicted molar refractivity (Wildman–Crippen MR) is 103 cm³/mol. The van der Waals surface area contributed by atoms with Crippen LogP contribution in [0.4, 0.5) is 0 Å². The second-order valence-corrected chi connectivity index (χ2v) is 9.66. The summed E-state index contributed by atoms with van der Waals surface area (Å²) in [6.07, 6.45) is 7.87. The first kappa shape index (κ1) is 19.5. The van der Waals surface area contributed by atoms with Crippen LogP contribution in [-0.2, 0) is 22.7 Å². The molecule has 1 aliphatic carbocycles. The third kappa shape index (κ3) is 6.96. The van der Waals surface area contributed by atoms with Crippen molar-refractivity contribution in [3.8, 4) is 0 Å². The van der Waals surface area contributed by atoms with Gasteiger partial charge in [0.2, 0.25) is 0 Å². The van der Waals surface area contributed by atoms with Gasteiger partial charge in [0, 0.05) is 6.61 Å². The zero-order chi connectivity index (χ0) is 17.4. The molecule has 0 radical (unpaired) electrons. The van der Waals surface area contributed by atoms with E-state index in [1.54, 1.807) is 0 Å². The third-order valence-electron chi connectivity index (χ3n) is 4.56. The molecule has 4 heteroatoms. The third-order valence-corrected chi connectivity index (χ3v) is 5.93. The number of hydrogen-bond donors (Lipinski definition) is 0. The minimum Gasteiger partial charge on any atom is -0.591 e. The van der Waals surface area contributed by atoms with Crippen molar-refractivity contribution in [1.82, 2.24) is 0 Å². The molecule has 0 spiro atoms. The Kier molecular flexibility index (Phi) is 7.79. The summed E-state index contributed by atoms with van der Waals surface area (Å²) in [4.78, 5) is 0. The molecule has 0 aliphatic heterocycles. The lowest BCUT2D eigenvalue weighted by atomic mass is 9.81. The molecular weight excluding hydrogens is 318 g/mol. The van der Waals surface area contributed by atoms with E-state index in [0.717, 1.165) is 31.8 Å². The van der Waals surface area contributed by atoms with Gasteiger partial charge in [-0.05, 0) is 70.3 Å². The van der Waals surface area contributed by atoms with Crippen molar-refractivity contribution in [2.24, 2.45) is 16.2 Å². The van der Waals surface area contributed by atoms with Gasteiger partial charge in [-0.2, -0.15) is 0 Å². The minimum atomic E-state index is -1.12. The van der Waals surface area contributed by atoms with E-state index < -0.39 is 11.4 Å². The molecule has 2 rings (SSSR count). The zero-order valence-corrected chi connectivity index (χ0v) is 16.1. The van der Waals surface area contributed by atoms with Gasteiger partial charge in [-0.15, -0.1) is 0 Å². The monoisotopic (exact) mass is 349 g/mol. The average molecular weight is 350 g/mol. The van der Waals surface area contributed by atoms with E-state index in [2.05, 4.69) is 16.5 Å². The van der Waals surface area contributed by atoms with Crippen LogP contribution < -0.4 is 0 Å². The summed E-state index contributed by atoms with van der Waals surface area (Å²) >= 11 is -1.12. The largest absolute Gasteiger partial charge is 0.591 e. The Morgan fingerprint density at radius 3 is 2.46 bits per heavy atom. The molecule has 24 heavy (non-hydrogen) atoms. The summed E-state index contributed by atoms with van der Waals surface area (Å²) in [6, 6.07) is 10.3. The highest BCUT2D eigenvalue weighted by atomic mass is 32.2. The van der Waals surface area contributed by atoms with Crippen molar-refractivity contribution in [3.05, 3.63) is 35.9 Å². The molecule has 134 valence electrons. The quantitative estimate of drug-likeness (QED) is 0.398. The molecule has 1 aliphatic rings. The predicted octanol–water partition coefficient (Wildman–Crippen LogP) is 4.93. The molecule has 1 atom stereocenters. The summed E-state index contributed by atoms with van der Waals surface area (Å²) in [5.41, 5.74) is 1.24. The lowest BCUT2D eigenvalue weighted by Crippen LogP contribution is -2.26. The summed E-state index contributed by atoms with van der Waals surface area (Å²) < 4.78 is 21.8. The topological polar surface area (TPSA) is 44.7 Å². The Hall–Kier alpha value is -0.840. The van der Waals surface area contributed by atoms with E-state index in [1.807, 2.05) is 45.2 Å². The fraction of sp³-hybridized carbons (Fsp3) is 0.650. The molecule has 3 nitrogen and oxygen atoms in total. The lowest BCUT2D eigenvalue weighted by molar-refractivity contribution is 0.100. The fourth-order valence-corrected chi connectivity index (χ4v) is 3.54. The van der Waals surface area contributed by atoms with Gasteiger partial charge >= 0.3 is 0 Å². The number of benzene rings is 1. The zero-order valence-electron chi connectivity index (χ0n) is 15.2. The molecule has 0 bridgehead atoms. The molecule has 1 aromatic rings. The van der Waals surface area contributed by atoms with Crippen LogP contribution >= 0.6 is 0 Å². The molecular formula is C20H31NO2S. The minimum absolute atomic E-state index is 0.260. The van der Waals surface area contributed by atoms with E-state index in [1.165, 1.54) is 18.4 Å². The van der Waals surface area contributed by atoms with Crippen LogP contribution in [-0.4, -0.2) is 22.1 Å². The van der Waals surface area contributed by atoms with Crippen molar-refractivity contribution >= 4 is 17.6 Å². The number of rotatable bonds is 7. The van der Waals surface area contributed by atoms with Gasteiger partial charge in [-0.3, -0.25) is 0 Å². The van der Waals surface area contributed by atoms with Crippen LogP contribution in [0.1, 0.15) is 58.4 Å².